The molecule has 3 aromatic heterocycles. The largest absolute Gasteiger partial charge is 0.496 e. The van der Waals surface area contributed by atoms with Gasteiger partial charge in [0.1, 0.15) is 17.0 Å². The SMILES string of the molecule is CC[C@](C)(O)Cn1cc(NC(=O)c2c(N)nn3ccccc23)c(-c2cc(Cl)ccc2OC)n1. The summed E-state index contributed by atoms with van der Waals surface area (Å²) in [7, 11) is 1.55. The number of ether oxygens (including phenoxy) is 1. The van der Waals surface area contributed by atoms with Gasteiger partial charge < -0.3 is 20.9 Å². The molecule has 0 saturated heterocycles. The minimum Gasteiger partial charge on any atom is -0.496 e. The van der Waals surface area contributed by atoms with E-state index in [4.69, 9.17) is 22.1 Å². The Labute approximate surface area is 195 Å². The first kappa shape index (κ1) is 22.6. The summed E-state index contributed by atoms with van der Waals surface area (Å²) in [5, 5.41) is 22.8. The number of amides is 1. The van der Waals surface area contributed by atoms with E-state index in [9.17, 15) is 9.90 Å². The van der Waals surface area contributed by atoms with Gasteiger partial charge in [0.05, 0.1) is 30.5 Å². The van der Waals surface area contributed by atoms with Crippen LogP contribution in [0.15, 0.2) is 48.8 Å². The van der Waals surface area contributed by atoms with E-state index in [1.807, 2.05) is 6.92 Å². The van der Waals surface area contributed by atoms with Crippen molar-refractivity contribution in [2.45, 2.75) is 32.4 Å². The Hall–Kier alpha value is -3.56. The number of aromatic nitrogens is 4. The highest BCUT2D eigenvalue weighted by Gasteiger charge is 2.25. The van der Waals surface area contributed by atoms with Crippen LogP contribution in [0.2, 0.25) is 5.02 Å². The lowest BCUT2D eigenvalue weighted by Gasteiger charge is -2.20. The Bertz CT molecular complexity index is 1330. The van der Waals surface area contributed by atoms with Gasteiger partial charge in [-0.05, 0) is 43.7 Å². The lowest BCUT2D eigenvalue weighted by molar-refractivity contribution is 0.0346. The predicted molar refractivity (Wildman–Crippen MR) is 128 cm³/mol. The van der Waals surface area contributed by atoms with Crippen molar-refractivity contribution in [3.05, 3.63) is 59.4 Å². The predicted octanol–water partition coefficient (Wildman–Crippen LogP) is 3.86. The average Bonchev–Trinajstić information content (AvgIpc) is 3.32. The van der Waals surface area contributed by atoms with Crippen molar-refractivity contribution in [1.29, 1.82) is 0 Å². The molecule has 4 rings (SSSR count). The molecule has 4 aromatic rings. The van der Waals surface area contributed by atoms with Crippen LogP contribution >= 0.6 is 11.6 Å². The van der Waals surface area contributed by atoms with Crippen LogP contribution in [0.25, 0.3) is 16.8 Å². The van der Waals surface area contributed by atoms with Gasteiger partial charge in [0.25, 0.3) is 5.91 Å². The van der Waals surface area contributed by atoms with Gasteiger partial charge in [0.15, 0.2) is 5.82 Å². The molecule has 0 aliphatic carbocycles. The number of rotatable bonds is 7. The van der Waals surface area contributed by atoms with Crippen LogP contribution in [0.4, 0.5) is 11.5 Å². The third-order valence-corrected chi connectivity index (χ3v) is 5.72. The summed E-state index contributed by atoms with van der Waals surface area (Å²) in [6, 6.07) is 10.5. The van der Waals surface area contributed by atoms with Gasteiger partial charge in [-0.3, -0.25) is 9.48 Å². The maximum Gasteiger partial charge on any atom is 0.261 e. The second-order valence-corrected chi connectivity index (χ2v) is 8.47. The van der Waals surface area contributed by atoms with Gasteiger partial charge in [0.2, 0.25) is 0 Å². The number of anilines is 2. The van der Waals surface area contributed by atoms with Crippen LogP contribution in [-0.4, -0.2) is 43.1 Å². The first-order valence-electron chi connectivity index (χ1n) is 10.4. The van der Waals surface area contributed by atoms with Crippen LogP contribution in [0, 0.1) is 0 Å². The van der Waals surface area contributed by atoms with E-state index in [2.05, 4.69) is 15.5 Å². The second kappa shape index (κ2) is 8.76. The van der Waals surface area contributed by atoms with Gasteiger partial charge >= 0.3 is 0 Å². The molecular weight excluding hydrogens is 444 g/mol. The number of pyridine rings is 1. The van der Waals surface area contributed by atoms with E-state index in [-0.39, 0.29) is 17.9 Å². The van der Waals surface area contributed by atoms with Crippen molar-refractivity contribution in [2.24, 2.45) is 0 Å². The van der Waals surface area contributed by atoms with Crippen molar-refractivity contribution in [3.63, 3.8) is 0 Å². The zero-order valence-electron chi connectivity index (χ0n) is 18.5. The van der Waals surface area contributed by atoms with E-state index in [1.165, 1.54) is 0 Å². The fourth-order valence-electron chi connectivity index (χ4n) is 3.55. The molecule has 9 nitrogen and oxygen atoms in total. The molecule has 33 heavy (non-hydrogen) atoms. The molecule has 0 unspecified atom stereocenters. The van der Waals surface area contributed by atoms with Crippen LogP contribution in [0.3, 0.4) is 0 Å². The third kappa shape index (κ3) is 4.50. The number of nitrogens with one attached hydrogen (secondary N) is 1. The standard InChI is InChI=1S/C23H25ClN6O3/c1-4-23(2,32)13-29-12-16(20(27-29)15-11-14(24)8-9-18(15)33-3)26-22(31)19-17-7-5-6-10-30(17)28-21(19)25/h5-12,32H,4,13H2,1-3H3,(H2,25,28)(H,26,31)/t23-/m0/s1. The van der Waals surface area contributed by atoms with Crippen molar-refractivity contribution in [2.75, 3.05) is 18.2 Å². The molecule has 1 atom stereocenters. The molecule has 1 amide bonds. The van der Waals surface area contributed by atoms with E-state index in [1.54, 1.807) is 72.0 Å². The van der Waals surface area contributed by atoms with Gasteiger partial charge in [0, 0.05) is 23.0 Å². The number of nitrogens with two attached hydrogens (primary N) is 1. The molecular formula is C23H25ClN6O3. The van der Waals surface area contributed by atoms with Crippen LogP contribution in [-0.2, 0) is 6.54 Å². The summed E-state index contributed by atoms with van der Waals surface area (Å²) in [6.45, 7) is 3.85. The minimum absolute atomic E-state index is 0.113. The molecule has 172 valence electrons. The van der Waals surface area contributed by atoms with Gasteiger partial charge in [-0.2, -0.15) is 5.10 Å². The maximum absolute atomic E-state index is 13.3. The fraction of sp³-hybridized carbons (Fsp3) is 0.261. The summed E-state index contributed by atoms with van der Waals surface area (Å²) >= 11 is 6.24. The molecule has 0 saturated carbocycles. The summed E-state index contributed by atoms with van der Waals surface area (Å²) in [6.07, 6.45) is 3.92. The van der Waals surface area contributed by atoms with E-state index in [0.717, 1.165) is 0 Å². The number of aliphatic hydroxyl groups is 1. The van der Waals surface area contributed by atoms with Crippen molar-refractivity contribution in [3.8, 4) is 17.0 Å². The monoisotopic (exact) mass is 468 g/mol. The highest BCUT2D eigenvalue weighted by Crippen LogP contribution is 2.36. The fourth-order valence-corrected chi connectivity index (χ4v) is 3.73. The van der Waals surface area contributed by atoms with Gasteiger partial charge in [-0.25, -0.2) is 4.52 Å². The lowest BCUT2D eigenvalue weighted by atomic mass is 10.0. The molecule has 0 fully saturated rings. The molecule has 0 aliphatic heterocycles. The molecule has 4 N–H and O–H groups in total. The molecule has 0 radical (unpaired) electrons. The number of carbonyl (C=O) groups excluding carboxylic acids is 1. The van der Waals surface area contributed by atoms with Crippen LogP contribution in [0.1, 0.15) is 30.6 Å². The minimum atomic E-state index is -0.976. The quantitative estimate of drug-likeness (QED) is 0.379. The number of nitrogen functional groups attached to an aromatic ring is 1. The van der Waals surface area contributed by atoms with Crippen molar-refractivity contribution < 1.29 is 14.6 Å². The number of nitrogens with zero attached hydrogens (tertiary/aromatic N) is 4. The Morgan fingerprint density at radius 3 is 2.82 bits per heavy atom. The number of methoxy groups -OCH3 is 1. The van der Waals surface area contributed by atoms with E-state index >= 15 is 0 Å². The van der Waals surface area contributed by atoms with Crippen LogP contribution in [0.5, 0.6) is 5.75 Å². The Morgan fingerprint density at radius 1 is 1.30 bits per heavy atom. The smallest absolute Gasteiger partial charge is 0.261 e. The molecule has 3 heterocycles. The zero-order valence-corrected chi connectivity index (χ0v) is 19.3. The lowest BCUT2D eigenvalue weighted by Crippen LogP contribution is -2.29. The Balaban J connectivity index is 1.79. The molecule has 10 heteroatoms. The highest BCUT2D eigenvalue weighted by molar-refractivity contribution is 6.31. The Morgan fingerprint density at radius 2 is 2.09 bits per heavy atom. The first-order chi connectivity index (χ1) is 15.7. The number of halogens is 1. The summed E-state index contributed by atoms with van der Waals surface area (Å²) in [4.78, 5) is 13.3. The number of hydrogen-bond donors (Lipinski definition) is 3. The average molecular weight is 469 g/mol. The Kier molecular flexibility index (Phi) is 6.01. The number of benzene rings is 1. The maximum atomic E-state index is 13.3. The van der Waals surface area contributed by atoms with Gasteiger partial charge in [-0.1, -0.05) is 24.6 Å². The third-order valence-electron chi connectivity index (χ3n) is 5.48. The normalized spacial score (nSPS) is 13.1. The summed E-state index contributed by atoms with van der Waals surface area (Å²) in [5.41, 5.74) is 7.37. The first-order valence-corrected chi connectivity index (χ1v) is 10.8. The summed E-state index contributed by atoms with van der Waals surface area (Å²) in [5.74, 6) is 0.220. The van der Waals surface area contributed by atoms with E-state index in [0.29, 0.717) is 39.7 Å². The molecule has 0 spiro atoms. The molecule has 0 bridgehead atoms. The van der Waals surface area contributed by atoms with Crippen molar-refractivity contribution in [1.82, 2.24) is 19.4 Å². The van der Waals surface area contributed by atoms with E-state index < -0.39 is 11.5 Å². The number of carbonyl (C=O) groups is 1. The second-order valence-electron chi connectivity index (χ2n) is 8.03. The molecule has 0 aliphatic rings. The van der Waals surface area contributed by atoms with Crippen molar-refractivity contribution >= 4 is 34.5 Å². The molecule has 1 aromatic carbocycles. The van der Waals surface area contributed by atoms with Gasteiger partial charge in [-0.15, -0.1) is 5.10 Å². The zero-order chi connectivity index (χ0) is 23.8. The number of hydrogen-bond acceptors (Lipinski definition) is 6. The number of fused-ring (bicyclic) bond motifs is 1. The van der Waals surface area contributed by atoms with Crippen LogP contribution < -0.4 is 15.8 Å². The summed E-state index contributed by atoms with van der Waals surface area (Å²) < 4.78 is 8.63. The topological polar surface area (TPSA) is 120 Å². The highest BCUT2D eigenvalue weighted by atomic mass is 35.5.